The molecule has 2 aromatic carbocycles. The third-order valence-corrected chi connectivity index (χ3v) is 4.01. The van der Waals surface area contributed by atoms with Crippen LogP contribution in [0.2, 0.25) is 20.1 Å². The Hall–Kier alpha value is -1.19. The van der Waals surface area contributed by atoms with Crippen molar-refractivity contribution in [1.82, 2.24) is 0 Å². The summed E-state index contributed by atoms with van der Waals surface area (Å²) in [6.07, 6.45) is 2.46. The summed E-state index contributed by atoms with van der Waals surface area (Å²) in [4.78, 5) is 10.6. The Bertz CT molecular complexity index is 739. The number of rotatable bonds is 3. The lowest BCUT2D eigenvalue weighted by Gasteiger charge is -2.10. The van der Waals surface area contributed by atoms with Gasteiger partial charge in [0, 0.05) is 21.7 Å². The molecule has 0 unspecified atom stereocenters. The van der Waals surface area contributed by atoms with E-state index < -0.39 is 5.97 Å². The second-order valence-electron chi connectivity index (χ2n) is 4.16. The molecule has 0 spiro atoms. The Morgan fingerprint density at radius 3 is 2.33 bits per heavy atom. The molecule has 0 atom stereocenters. The first kappa shape index (κ1) is 16.2. The van der Waals surface area contributed by atoms with Crippen molar-refractivity contribution in [3.05, 3.63) is 62.1 Å². The standard InChI is InChI=1S/C15H8Cl4O2/c16-10-6-8(1-4-13(20)21)5-9(7-10)14-11(17)2-3-12(18)15(14)19/h1-7H,(H,20,21)/b4-1+. The van der Waals surface area contributed by atoms with Crippen molar-refractivity contribution in [2.24, 2.45) is 0 Å². The number of benzene rings is 2. The van der Waals surface area contributed by atoms with Gasteiger partial charge in [0.2, 0.25) is 0 Å². The zero-order valence-corrected chi connectivity index (χ0v) is 13.4. The molecule has 0 aromatic heterocycles. The van der Waals surface area contributed by atoms with E-state index in [-0.39, 0.29) is 0 Å². The van der Waals surface area contributed by atoms with Gasteiger partial charge in [-0.3, -0.25) is 0 Å². The molecule has 0 saturated heterocycles. The molecule has 0 amide bonds. The first-order chi connectivity index (χ1) is 9.88. The van der Waals surface area contributed by atoms with E-state index in [1.807, 2.05) is 0 Å². The van der Waals surface area contributed by atoms with Gasteiger partial charge in [0.05, 0.1) is 10.0 Å². The van der Waals surface area contributed by atoms with Crippen molar-refractivity contribution in [2.45, 2.75) is 0 Å². The average Bonchev–Trinajstić information content (AvgIpc) is 2.41. The van der Waals surface area contributed by atoms with Crippen LogP contribution in [0, 0.1) is 0 Å². The molecule has 2 rings (SSSR count). The van der Waals surface area contributed by atoms with Gasteiger partial charge >= 0.3 is 5.97 Å². The third-order valence-electron chi connectivity index (χ3n) is 2.67. The Kier molecular flexibility index (Phi) is 5.17. The molecule has 2 aromatic rings. The molecule has 0 aliphatic heterocycles. The van der Waals surface area contributed by atoms with Gasteiger partial charge in [-0.1, -0.05) is 46.4 Å². The SMILES string of the molecule is O=C(O)/C=C/c1cc(Cl)cc(-c2c(Cl)ccc(Cl)c2Cl)c1. The van der Waals surface area contributed by atoms with E-state index in [2.05, 4.69) is 0 Å². The molecule has 2 nitrogen and oxygen atoms in total. The van der Waals surface area contributed by atoms with Crippen LogP contribution < -0.4 is 0 Å². The molecule has 0 radical (unpaired) electrons. The Morgan fingerprint density at radius 1 is 1.00 bits per heavy atom. The molecule has 1 N–H and O–H groups in total. The van der Waals surface area contributed by atoms with Crippen LogP contribution in [0.25, 0.3) is 17.2 Å². The van der Waals surface area contributed by atoms with Gasteiger partial charge in [-0.15, -0.1) is 0 Å². The molecule has 0 saturated carbocycles. The molecule has 21 heavy (non-hydrogen) atoms. The summed E-state index contributed by atoms with van der Waals surface area (Å²) in [6.45, 7) is 0. The van der Waals surface area contributed by atoms with Gasteiger partial charge in [0.1, 0.15) is 0 Å². The Balaban J connectivity index is 2.60. The molecule has 6 heteroatoms. The Morgan fingerprint density at radius 2 is 1.67 bits per heavy atom. The fourth-order valence-electron chi connectivity index (χ4n) is 1.81. The quantitative estimate of drug-likeness (QED) is 0.532. The summed E-state index contributed by atoms with van der Waals surface area (Å²) in [5.74, 6) is -1.05. The molecule has 0 bridgehead atoms. The maximum Gasteiger partial charge on any atom is 0.328 e. The highest BCUT2D eigenvalue weighted by Gasteiger charge is 2.13. The lowest BCUT2D eigenvalue weighted by Crippen LogP contribution is -1.87. The summed E-state index contributed by atoms with van der Waals surface area (Å²) in [6, 6.07) is 8.29. The molecule has 108 valence electrons. The van der Waals surface area contributed by atoms with E-state index in [9.17, 15) is 4.79 Å². The summed E-state index contributed by atoms with van der Waals surface area (Å²) >= 11 is 24.4. The van der Waals surface area contributed by atoms with E-state index in [1.54, 1.807) is 30.3 Å². The maximum absolute atomic E-state index is 10.6. The van der Waals surface area contributed by atoms with Crippen LogP contribution in [0.5, 0.6) is 0 Å². The predicted molar refractivity (Wildman–Crippen MR) is 88.6 cm³/mol. The minimum Gasteiger partial charge on any atom is -0.478 e. The summed E-state index contributed by atoms with van der Waals surface area (Å²) in [7, 11) is 0. The number of carboxylic acid groups (broad SMARTS) is 1. The fourth-order valence-corrected chi connectivity index (χ4v) is 2.80. The first-order valence-electron chi connectivity index (χ1n) is 5.74. The summed E-state index contributed by atoms with van der Waals surface area (Å²) in [5, 5.41) is 10.2. The van der Waals surface area contributed by atoms with Crippen molar-refractivity contribution in [2.75, 3.05) is 0 Å². The van der Waals surface area contributed by atoms with Crippen LogP contribution in [-0.2, 0) is 4.79 Å². The normalized spacial score (nSPS) is 11.0. The van der Waals surface area contributed by atoms with Gasteiger partial charge in [0.15, 0.2) is 0 Å². The number of hydrogen-bond donors (Lipinski definition) is 1. The van der Waals surface area contributed by atoms with E-state index in [4.69, 9.17) is 51.5 Å². The number of aliphatic carboxylic acids is 1. The van der Waals surface area contributed by atoms with Crippen molar-refractivity contribution in [3.63, 3.8) is 0 Å². The predicted octanol–water partition coefficient (Wildman–Crippen LogP) is 6.07. The summed E-state index contributed by atoms with van der Waals surface area (Å²) in [5.41, 5.74) is 1.83. The molecule has 0 aliphatic rings. The number of hydrogen-bond acceptors (Lipinski definition) is 1. The largest absolute Gasteiger partial charge is 0.478 e. The second kappa shape index (κ2) is 6.71. The van der Waals surface area contributed by atoms with Crippen LogP contribution >= 0.6 is 46.4 Å². The van der Waals surface area contributed by atoms with Crippen LogP contribution in [0.1, 0.15) is 5.56 Å². The van der Waals surface area contributed by atoms with Gasteiger partial charge < -0.3 is 5.11 Å². The van der Waals surface area contributed by atoms with Crippen molar-refractivity contribution in [3.8, 4) is 11.1 Å². The average molecular weight is 362 g/mol. The first-order valence-corrected chi connectivity index (χ1v) is 7.25. The highest BCUT2D eigenvalue weighted by atomic mass is 35.5. The highest BCUT2D eigenvalue weighted by molar-refractivity contribution is 6.46. The third kappa shape index (κ3) is 3.92. The van der Waals surface area contributed by atoms with Crippen molar-refractivity contribution < 1.29 is 9.90 Å². The summed E-state index contributed by atoms with van der Waals surface area (Å²) < 4.78 is 0. The van der Waals surface area contributed by atoms with Crippen molar-refractivity contribution in [1.29, 1.82) is 0 Å². The number of carboxylic acids is 1. The van der Waals surface area contributed by atoms with E-state index in [0.29, 0.717) is 36.8 Å². The van der Waals surface area contributed by atoms with Crippen LogP contribution in [0.3, 0.4) is 0 Å². The molecule has 0 fully saturated rings. The second-order valence-corrected chi connectivity index (χ2v) is 5.79. The zero-order chi connectivity index (χ0) is 15.6. The van der Waals surface area contributed by atoms with Crippen LogP contribution in [-0.4, -0.2) is 11.1 Å². The van der Waals surface area contributed by atoms with Crippen molar-refractivity contribution >= 4 is 58.4 Å². The topological polar surface area (TPSA) is 37.3 Å². The van der Waals surface area contributed by atoms with Gasteiger partial charge in [-0.25, -0.2) is 4.79 Å². The molecule has 0 aliphatic carbocycles. The Labute approximate surface area is 141 Å². The van der Waals surface area contributed by atoms with E-state index in [1.165, 1.54) is 6.08 Å². The molecular weight excluding hydrogens is 354 g/mol. The van der Waals surface area contributed by atoms with Gasteiger partial charge in [-0.05, 0) is 47.5 Å². The number of carbonyl (C=O) groups is 1. The van der Waals surface area contributed by atoms with E-state index in [0.717, 1.165) is 6.08 Å². The van der Waals surface area contributed by atoms with Gasteiger partial charge in [0.25, 0.3) is 0 Å². The van der Waals surface area contributed by atoms with E-state index >= 15 is 0 Å². The monoisotopic (exact) mass is 360 g/mol. The number of halogens is 4. The lowest BCUT2D eigenvalue weighted by molar-refractivity contribution is -0.131. The van der Waals surface area contributed by atoms with Crippen LogP contribution in [0.15, 0.2) is 36.4 Å². The fraction of sp³-hybridized carbons (Fsp3) is 0. The smallest absolute Gasteiger partial charge is 0.328 e. The molecular formula is C15H8Cl4O2. The minimum absolute atomic E-state index is 0.319. The lowest BCUT2D eigenvalue weighted by atomic mass is 10.0. The van der Waals surface area contributed by atoms with Gasteiger partial charge in [-0.2, -0.15) is 0 Å². The highest BCUT2D eigenvalue weighted by Crippen LogP contribution is 2.40. The molecule has 0 heterocycles. The zero-order valence-electron chi connectivity index (χ0n) is 10.4. The maximum atomic E-state index is 10.6. The minimum atomic E-state index is -1.05. The van der Waals surface area contributed by atoms with Crippen LogP contribution in [0.4, 0.5) is 0 Å².